The summed E-state index contributed by atoms with van der Waals surface area (Å²) in [5.41, 5.74) is 4.78. The maximum absolute atomic E-state index is 13.7. The summed E-state index contributed by atoms with van der Waals surface area (Å²) >= 11 is 1.60. The van der Waals surface area contributed by atoms with Crippen molar-refractivity contribution in [3.05, 3.63) is 76.9 Å². The highest BCUT2D eigenvalue weighted by Gasteiger charge is 2.44. The Morgan fingerprint density at radius 3 is 2.42 bits per heavy atom. The van der Waals surface area contributed by atoms with Gasteiger partial charge in [0, 0.05) is 18.7 Å². The number of aliphatic hydroxyl groups excluding tert-OH is 2. The summed E-state index contributed by atoms with van der Waals surface area (Å²) in [4.78, 5) is 33.5. The zero-order valence-electron chi connectivity index (χ0n) is 22.2. The van der Waals surface area contributed by atoms with Crippen LogP contribution in [0.4, 0.5) is 0 Å². The molecule has 3 aromatic rings. The van der Waals surface area contributed by atoms with Gasteiger partial charge in [-0.2, -0.15) is 0 Å². The summed E-state index contributed by atoms with van der Waals surface area (Å²) in [6.45, 7) is 8.12. The molecule has 38 heavy (non-hydrogen) atoms. The Labute approximate surface area is 227 Å². The van der Waals surface area contributed by atoms with Crippen LogP contribution in [0, 0.1) is 12.3 Å². The van der Waals surface area contributed by atoms with Crippen molar-refractivity contribution in [3.63, 3.8) is 0 Å². The van der Waals surface area contributed by atoms with Crippen LogP contribution in [0.25, 0.3) is 10.4 Å². The molecule has 2 amide bonds. The Kier molecular flexibility index (Phi) is 8.62. The summed E-state index contributed by atoms with van der Waals surface area (Å²) in [5.74, 6) is -0.667. The van der Waals surface area contributed by atoms with E-state index in [-0.39, 0.29) is 24.8 Å². The normalized spacial score (nSPS) is 19.3. The number of rotatable bonds is 8. The van der Waals surface area contributed by atoms with Crippen LogP contribution in [0.1, 0.15) is 48.8 Å². The number of carbonyl (C=O) groups is 2. The lowest BCUT2D eigenvalue weighted by Crippen LogP contribution is -2.58. The first kappa shape index (κ1) is 27.9. The van der Waals surface area contributed by atoms with E-state index < -0.39 is 29.8 Å². The van der Waals surface area contributed by atoms with E-state index in [0.29, 0.717) is 12.1 Å². The van der Waals surface area contributed by atoms with Gasteiger partial charge in [0.15, 0.2) is 0 Å². The molecule has 4 rings (SSSR count). The number of hydrogen-bond acceptors (Lipinski definition) is 7. The van der Waals surface area contributed by atoms with Crippen molar-refractivity contribution in [2.45, 2.75) is 65.1 Å². The van der Waals surface area contributed by atoms with E-state index >= 15 is 0 Å². The van der Waals surface area contributed by atoms with E-state index in [9.17, 15) is 19.8 Å². The number of β-amino-alcohol motifs (C(OH)–C–C–N with tert-alkyl or cyclic N) is 1. The number of aromatic nitrogens is 1. The first-order valence-electron chi connectivity index (χ1n) is 12.8. The number of likely N-dealkylation sites (tertiary alicyclic amines) is 1. The third kappa shape index (κ3) is 6.47. The molecule has 0 bridgehead atoms. The number of amides is 2. The van der Waals surface area contributed by atoms with Crippen LogP contribution >= 0.6 is 11.3 Å². The van der Waals surface area contributed by atoms with Gasteiger partial charge < -0.3 is 20.4 Å². The van der Waals surface area contributed by atoms with Crippen LogP contribution in [0.5, 0.6) is 0 Å². The molecule has 0 aliphatic carbocycles. The van der Waals surface area contributed by atoms with Gasteiger partial charge in [0.25, 0.3) is 5.91 Å². The van der Waals surface area contributed by atoms with E-state index in [4.69, 9.17) is 0 Å². The van der Waals surface area contributed by atoms with Gasteiger partial charge >= 0.3 is 0 Å². The number of carbonyl (C=O) groups excluding carboxylic acids is 2. The fraction of sp³-hybridized carbons (Fsp3) is 0.414. The Balaban J connectivity index is 1.43. The molecular weight excluding hydrogens is 500 g/mol. The molecule has 4 N–H and O–H groups in total. The fourth-order valence-corrected chi connectivity index (χ4v) is 5.54. The summed E-state index contributed by atoms with van der Waals surface area (Å²) in [6, 6.07) is 15.3. The average molecular weight is 537 g/mol. The monoisotopic (exact) mass is 536 g/mol. The van der Waals surface area contributed by atoms with E-state index in [2.05, 4.69) is 15.6 Å². The Bertz CT molecular complexity index is 1240. The lowest BCUT2D eigenvalue weighted by atomic mass is 9.85. The maximum atomic E-state index is 13.7. The quantitative estimate of drug-likeness (QED) is 0.329. The SMILES string of the molecule is Cc1ncsc1-c1ccc(CNC(O)[C@@H]2C[C@@H](O)CN2C(=O)[C@@H](NC(=O)c2ccccc2)C(C)(C)C)cc1. The second kappa shape index (κ2) is 11.7. The summed E-state index contributed by atoms with van der Waals surface area (Å²) in [5, 5.41) is 27.4. The summed E-state index contributed by atoms with van der Waals surface area (Å²) in [7, 11) is 0. The van der Waals surface area contributed by atoms with Crippen molar-refractivity contribution >= 4 is 23.2 Å². The largest absolute Gasteiger partial charge is 0.391 e. The lowest BCUT2D eigenvalue weighted by molar-refractivity contribution is -0.139. The lowest BCUT2D eigenvalue weighted by Gasteiger charge is -2.37. The molecule has 0 radical (unpaired) electrons. The minimum absolute atomic E-state index is 0.0962. The van der Waals surface area contributed by atoms with Crippen LogP contribution in [-0.2, 0) is 11.3 Å². The van der Waals surface area contributed by atoms with Crippen molar-refractivity contribution in [1.82, 2.24) is 20.5 Å². The molecule has 1 aliphatic rings. The van der Waals surface area contributed by atoms with Crippen molar-refractivity contribution in [2.75, 3.05) is 6.54 Å². The molecule has 1 aromatic heterocycles. The molecular formula is C29H36N4O4S. The molecule has 2 heterocycles. The van der Waals surface area contributed by atoms with Gasteiger partial charge in [-0.25, -0.2) is 4.98 Å². The second-order valence-corrected chi connectivity index (χ2v) is 11.7. The van der Waals surface area contributed by atoms with Crippen molar-refractivity contribution in [1.29, 1.82) is 0 Å². The molecule has 1 aliphatic heterocycles. The predicted molar refractivity (Wildman–Crippen MR) is 148 cm³/mol. The van der Waals surface area contributed by atoms with Gasteiger partial charge in [0.1, 0.15) is 12.3 Å². The minimum atomic E-state index is -1.05. The molecule has 0 saturated carbocycles. The summed E-state index contributed by atoms with van der Waals surface area (Å²) < 4.78 is 0. The first-order chi connectivity index (χ1) is 18.0. The third-order valence-electron chi connectivity index (χ3n) is 6.87. The highest BCUT2D eigenvalue weighted by Crippen LogP contribution is 2.29. The van der Waals surface area contributed by atoms with Crippen molar-refractivity contribution < 1.29 is 19.8 Å². The van der Waals surface area contributed by atoms with Crippen molar-refractivity contribution in [3.8, 4) is 10.4 Å². The number of benzene rings is 2. The molecule has 202 valence electrons. The van der Waals surface area contributed by atoms with E-state index in [1.807, 2.05) is 63.5 Å². The second-order valence-electron chi connectivity index (χ2n) is 10.9. The summed E-state index contributed by atoms with van der Waals surface area (Å²) in [6.07, 6.45) is -1.56. The van der Waals surface area contributed by atoms with Crippen LogP contribution in [0.2, 0.25) is 0 Å². The standard InChI is InChI=1S/C29H36N4O4S/c1-18-24(38-17-31-18)20-12-10-19(11-13-20)15-30-27(36)23-14-22(34)16-33(23)28(37)25(29(2,3)4)32-26(35)21-8-6-5-7-9-21/h5-13,17,22-23,25,27,30,34,36H,14-16H2,1-4H3,(H,32,35)/t22-,23+,25-,27?/m1/s1. The van der Waals surface area contributed by atoms with Gasteiger partial charge in [-0.1, -0.05) is 63.2 Å². The molecule has 1 saturated heterocycles. The number of nitrogens with one attached hydrogen (secondary N) is 2. The minimum Gasteiger partial charge on any atom is -0.391 e. The molecule has 8 nitrogen and oxygen atoms in total. The van der Waals surface area contributed by atoms with E-state index in [0.717, 1.165) is 21.7 Å². The average Bonchev–Trinajstić information content (AvgIpc) is 3.50. The van der Waals surface area contributed by atoms with Gasteiger partial charge in [-0.3, -0.25) is 14.9 Å². The van der Waals surface area contributed by atoms with Crippen molar-refractivity contribution in [2.24, 2.45) is 5.41 Å². The smallest absolute Gasteiger partial charge is 0.251 e. The third-order valence-corrected chi connectivity index (χ3v) is 7.85. The van der Waals surface area contributed by atoms with Gasteiger partial charge in [-0.05, 0) is 42.0 Å². The van der Waals surface area contributed by atoms with Crippen LogP contribution in [-0.4, -0.2) is 62.9 Å². The highest BCUT2D eigenvalue weighted by molar-refractivity contribution is 7.13. The topological polar surface area (TPSA) is 115 Å². The van der Waals surface area contributed by atoms with E-state index in [1.54, 1.807) is 35.6 Å². The molecule has 0 spiro atoms. The Hall–Kier alpha value is -3.11. The zero-order valence-corrected chi connectivity index (χ0v) is 23.0. The number of hydrogen-bond donors (Lipinski definition) is 4. The molecule has 2 aromatic carbocycles. The van der Waals surface area contributed by atoms with Crippen LogP contribution in [0.15, 0.2) is 60.1 Å². The van der Waals surface area contributed by atoms with Crippen LogP contribution < -0.4 is 10.6 Å². The number of aliphatic hydroxyl groups is 2. The van der Waals surface area contributed by atoms with Gasteiger partial charge in [-0.15, -0.1) is 11.3 Å². The first-order valence-corrected chi connectivity index (χ1v) is 13.7. The van der Waals surface area contributed by atoms with Gasteiger partial charge in [0.2, 0.25) is 5.91 Å². The predicted octanol–water partition coefficient (Wildman–Crippen LogP) is 3.33. The molecule has 1 fully saturated rings. The zero-order chi connectivity index (χ0) is 27.4. The number of nitrogens with zero attached hydrogens (tertiary/aromatic N) is 2. The highest BCUT2D eigenvalue weighted by atomic mass is 32.1. The molecule has 9 heteroatoms. The Morgan fingerprint density at radius 2 is 1.82 bits per heavy atom. The number of thiazole rings is 1. The molecule has 4 atom stereocenters. The molecule has 1 unspecified atom stereocenters. The fourth-order valence-electron chi connectivity index (χ4n) is 4.73. The van der Waals surface area contributed by atoms with Gasteiger partial charge in [0.05, 0.1) is 28.2 Å². The Morgan fingerprint density at radius 1 is 1.13 bits per heavy atom. The van der Waals surface area contributed by atoms with Crippen LogP contribution in [0.3, 0.4) is 0 Å². The maximum Gasteiger partial charge on any atom is 0.251 e. The number of aryl methyl sites for hydroxylation is 1. The van der Waals surface area contributed by atoms with E-state index in [1.165, 1.54) is 4.90 Å².